The summed E-state index contributed by atoms with van der Waals surface area (Å²) < 4.78 is 9.37. The zero-order valence-electron chi connectivity index (χ0n) is 12.1. The van der Waals surface area contributed by atoms with Crippen LogP contribution in [0.25, 0.3) is 21.3 Å². The van der Waals surface area contributed by atoms with Crippen molar-refractivity contribution in [3.8, 4) is 0 Å². The molecule has 114 valence electrons. The van der Waals surface area contributed by atoms with Crippen LogP contribution in [0, 0.1) is 0 Å². The number of azide groups is 1. The van der Waals surface area contributed by atoms with Crippen molar-refractivity contribution in [2.75, 3.05) is 14.2 Å². The van der Waals surface area contributed by atoms with Crippen LogP contribution in [0.3, 0.4) is 0 Å². The molecule has 0 bridgehead atoms. The number of rotatable bonds is 5. The van der Waals surface area contributed by atoms with Gasteiger partial charge in [0.05, 0.1) is 14.2 Å². The molecule has 22 heavy (non-hydrogen) atoms. The van der Waals surface area contributed by atoms with Crippen molar-refractivity contribution in [3.05, 3.63) is 46.0 Å². The van der Waals surface area contributed by atoms with Gasteiger partial charge in [-0.15, -0.1) is 0 Å². The Bertz CT molecular complexity index is 761. The van der Waals surface area contributed by atoms with Crippen molar-refractivity contribution in [3.63, 3.8) is 0 Å². The lowest BCUT2D eigenvalue weighted by atomic mass is 10.0. The number of methoxy groups -OCH3 is 2. The Morgan fingerprint density at radius 1 is 1.32 bits per heavy atom. The van der Waals surface area contributed by atoms with E-state index in [1.807, 2.05) is 6.07 Å². The third-order valence-electron chi connectivity index (χ3n) is 3.26. The van der Waals surface area contributed by atoms with Gasteiger partial charge in [-0.3, -0.25) is 4.79 Å². The van der Waals surface area contributed by atoms with Crippen LogP contribution in [0.15, 0.2) is 29.4 Å². The number of nitrogens with zero attached hydrogens (tertiary/aromatic N) is 3. The number of benzene rings is 1. The maximum absolute atomic E-state index is 11.9. The number of esters is 2. The number of ether oxygens (including phenoxy) is 2. The van der Waals surface area contributed by atoms with E-state index in [0.717, 1.165) is 10.9 Å². The van der Waals surface area contributed by atoms with Crippen LogP contribution in [-0.4, -0.2) is 37.2 Å². The van der Waals surface area contributed by atoms with Gasteiger partial charge in [0.25, 0.3) is 0 Å². The number of nitrogens with one attached hydrogen (secondary N) is 1. The van der Waals surface area contributed by atoms with Gasteiger partial charge < -0.3 is 14.5 Å². The monoisotopic (exact) mass is 302 g/mol. The molecule has 0 fully saturated rings. The molecule has 0 aliphatic heterocycles. The number of carbonyl (C=O) groups excluding carboxylic acids is 2. The largest absolute Gasteiger partial charge is 0.469 e. The quantitative estimate of drug-likeness (QED) is 0.394. The average Bonchev–Trinajstić information content (AvgIpc) is 2.91. The van der Waals surface area contributed by atoms with Crippen LogP contribution in [0.5, 0.6) is 0 Å². The zero-order valence-corrected chi connectivity index (χ0v) is 12.1. The highest BCUT2D eigenvalue weighted by atomic mass is 16.5. The molecule has 0 saturated heterocycles. The lowest BCUT2D eigenvalue weighted by Crippen LogP contribution is -2.23. The molecule has 1 atom stereocenters. The highest BCUT2D eigenvalue weighted by molar-refractivity contribution is 5.98. The summed E-state index contributed by atoms with van der Waals surface area (Å²) >= 11 is 0. The smallest absolute Gasteiger partial charge is 0.354 e. The summed E-state index contributed by atoms with van der Waals surface area (Å²) in [6.07, 6.45) is 0.0329. The molecule has 0 radical (unpaired) electrons. The minimum absolute atomic E-state index is 0.0329. The molecule has 0 aliphatic carbocycles. The molecule has 2 aromatic rings. The average molecular weight is 302 g/mol. The number of H-pyrrole nitrogens is 1. The second-order valence-corrected chi connectivity index (χ2v) is 4.46. The van der Waals surface area contributed by atoms with E-state index in [-0.39, 0.29) is 12.1 Å². The SMILES string of the molecule is COC(=O)c1[nH]c2ccccc2c1CC(N=[N+]=[N-])C(=O)OC. The second kappa shape index (κ2) is 6.64. The summed E-state index contributed by atoms with van der Waals surface area (Å²) in [6, 6.07) is 6.16. The number of aromatic amines is 1. The molecule has 1 heterocycles. The van der Waals surface area contributed by atoms with E-state index in [1.54, 1.807) is 18.2 Å². The van der Waals surface area contributed by atoms with Gasteiger partial charge in [0.1, 0.15) is 11.7 Å². The summed E-state index contributed by atoms with van der Waals surface area (Å²) in [5.74, 6) is -1.23. The van der Waals surface area contributed by atoms with Gasteiger partial charge in [0.15, 0.2) is 0 Å². The number of carbonyl (C=O) groups is 2. The van der Waals surface area contributed by atoms with Crippen molar-refractivity contribution in [1.82, 2.24) is 4.98 Å². The van der Waals surface area contributed by atoms with Gasteiger partial charge in [-0.2, -0.15) is 0 Å². The summed E-state index contributed by atoms with van der Waals surface area (Å²) in [4.78, 5) is 29.2. The number of hydrogen-bond donors (Lipinski definition) is 1. The van der Waals surface area contributed by atoms with Crippen LogP contribution in [0.1, 0.15) is 16.1 Å². The molecule has 1 aromatic heterocycles. The molecule has 0 saturated carbocycles. The van der Waals surface area contributed by atoms with E-state index in [0.29, 0.717) is 5.56 Å². The number of aromatic nitrogens is 1. The van der Waals surface area contributed by atoms with Gasteiger partial charge >= 0.3 is 11.9 Å². The highest BCUT2D eigenvalue weighted by Crippen LogP contribution is 2.25. The first-order valence-electron chi connectivity index (χ1n) is 6.42. The van der Waals surface area contributed by atoms with Crippen LogP contribution in [-0.2, 0) is 20.7 Å². The van der Waals surface area contributed by atoms with Crippen LogP contribution < -0.4 is 0 Å². The Kier molecular flexibility index (Phi) is 4.65. The fraction of sp³-hybridized carbons (Fsp3) is 0.286. The maximum atomic E-state index is 11.9. The normalized spacial score (nSPS) is 11.5. The van der Waals surface area contributed by atoms with Crippen molar-refractivity contribution >= 4 is 22.8 Å². The Balaban J connectivity index is 2.54. The molecule has 0 aliphatic rings. The van der Waals surface area contributed by atoms with Crippen molar-refractivity contribution in [2.45, 2.75) is 12.5 Å². The number of hydrogen-bond acceptors (Lipinski definition) is 5. The van der Waals surface area contributed by atoms with E-state index in [1.165, 1.54) is 14.2 Å². The Morgan fingerprint density at radius 3 is 2.68 bits per heavy atom. The molecule has 0 spiro atoms. The molecule has 1 N–H and O–H groups in total. The minimum atomic E-state index is -1.06. The fourth-order valence-corrected chi connectivity index (χ4v) is 2.25. The highest BCUT2D eigenvalue weighted by Gasteiger charge is 2.25. The Morgan fingerprint density at radius 2 is 2.05 bits per heavy atom. The van der Waals surface area contributed by atoms with Gasteiger partial charge in [0, 0.05) is 15.8 Å². The van der Waals surface area contributed by atoms with E-state index in [9.17, 15) is 9.59 Å². The lowest BCUT2D eigenvalue weighted by molar-refractivity contribution is -0.142. The van der Waals surface area contributed by atoms with Crippen LogP contribution >= 0.6 is 0 Å². The third kappa shape index (κ3) is 2.87. The summed E-state index contributed by atoms with van der Waals surface area (Å²) in [5.41, 5.74) is 10.1. The maximum Gasteiger partial charge on any atom is 0.354 e. The van der Waals surface area contributed by atoms with Gasteiger partial charge in [-0.25, -0.2) is 4.79 Å². The van der Waals surface area contributed by atoms with E-state index in [4.69, 9.17) is 10.3 Å². The predicted molar refractivity (Wildman–Crippen MR) is 78.3 cm³/mol. The summed E-state index contributed by atoms with van der Waals surface area (Å²) in [6.45, 7) is 0. The van der Waals surface area contributed by atoms with E-state index in [2.05, 4.69) is 19.7 Å². The Labute approximate surface area is 125 Å². The first-order valence-corrected chi connectivity index (χ1v) is 6.42. The van der Waals surface area contributed by atoms with Gasteiger partial charge in [0.2, 0.25) is 0 Å². The van der Waals surface area contributed by atoms with Gasteiger partial charge in [-0.05, 0) is 23.6 Å². The van der Waals surface area contributed by atoms with E-state index >= 15 is 0 Å². The van der Waals surface area contributed by atoms with E-state index < -0.39 is 18.0 Å². The molecule has 0 amide bonds. The second-order valence-electron chi connectivity index (χ2n) is 4.46. The first kappa shape index (κ1) is 15.4. The fourth-order valence-electron chi connectivity index (χ4n) is 2.25. The van der Waals surface area contributed by atoms with Gasteiger partial charge in [-0.1, -0.05) is 23.3 Å². The van der Waals surface area contributed by atoms with Crippen LogP contribution in [0.2, 0.25) is 0 Å². The molecule has 1 unspecified atom stereocenters. The molecule has 2 rings (SSSR count). The minimum Gasteiger partial charge on any atom is -0.469 e. The topological polar surface area (TPSA) is 117 Å². The molecule has 8 heteroatoms. The van der Waals surface area contributed by atoms with Crippen molar-refractivity contribution in [2.24, 2.45) is 5.11 Å². The number of para-hydroxylation sites is 1. The Hall–Kier alpha value is -2.99. The molecular formula is C14H14N4O4. The van der Waals surface area contributed by atoms with Crippen LogP contribution in [0.4, 0.5) is 0 Å². The molecular weight excluding hydrogens is 288 g/mol. The first-order chi connectivity index (χ1) is 10.6. The third-order valence-corrected chi connectivity index (χ3v) is 3.26. The summed E-state index contributed by atoms with van der Waals surface area (Å²) in [5, 5.41) is 4.20. The predicted octanol–water partition coefficient (Wildman–Crippen LogP) is 2.35. The standard InChI is InChI=1S/C14H14N4O4/c1-21-13(19)11(17-18-15)7-9-8-5-3-4-6-10(8)16-12(9)14(20)22-2/h3-6,11,16H,7H2,1-2H3. The lowest BCUT2D eigenvalue weighted by Gasteiger charge is -2.09. The number of fused-ring (bicyclic) bond motifs is 1. The zero-order chi connectivity index (χ0) is 16.1. The van der Waals surface area contributed by atoms with Crippen molar-refractivity contribution in [1.29, 1.82) is 0 Å². The molecule has 8 nitrogen and oxygen atoms in total. The van der Waals surface area contributed by atoms with Crippen molar-refractivity contribution < 1.29 is 19.1 Å². The molecule has 1 aromatic carbocycles. The summed E-state index contributed by atoms with van der Waals surface area (Å²) in [7, 11) is 2.47.